The summed E-state index contributed by atoms with van der Waals surface area (Å²) in [4.78, 5) is 21.4. The van der Waals surface area contributed by atoms with E-state index in [-0.39, 0.29) is 0 Å². The number of hydrogen-bond acceptors (Lipinski definition) is 4. The molecule has 0 unspecified atom stereocenters. The topological polar surface area (TPSA) is 81.4 Å². The fraction of sp³-hybridized carbons (Fsp3) is 0.714. The van der Waals surface area contributed by atoms with Crippen molar-refractivity contribution in [2.24, 2.45) is 5.73 Å². The highest BCUT2D eigenvalue weighted by molar-refractivity contribution is 5.95. The molecule has 0 saturated carbocycles. The van der Waals surface area contributed by atoms with Crippen molar-refractivity contribution in [3.8, 4) is 0 Å². The van der Waals surface area contributed by atoms with E-state index in [1.54, 1.807) is 0 Å². The van der Waals surface area contributed by atoms with Crippen molar-refractivity contribution in [2.45, 2.75) is 25.3 Å². The standard InChI is InChI=1S/C7H12N2O3/c8-4-2-1-3-5-6(10)12-7(11)9-5/h5H,1-4,8H2,(H,9,11)/t5-/m0/s1. The van der Waals surface area contributed by atoms with Crippen LogP contribution in [-0.2, 0) is 9.53 Å². The zero-order valence-electron chi connectivity index (χ0n) is 6.71. The van der Waals surface area contributed by atoms with Crippen molar-refractivity contribution in [2.75, 3.05) is 6.54 Å². The van der Waals surface area contributed by atoms with Crippen LogP contribution in [0.25, 0.3) is 0 Å². The maximum Gasteiger partial charge on any atom is 0.415 e. The van der Waals surface area contributed by atoms with E-state index in [0.29, 0.717) is 13.0 Å². The molecule has 68 valence electrons. The average Bonchev–Trinajstić information content (AvgIpc) is 2.31. The van der Waals surface area contributed by atoms with Gasteiger partial charge in [0.1, 0.15) is 6.04 Å². The number of alkyl carbamates (subject to hydrolysis) is 1. The summed E-state index contributed by atoms with van der Waals surface area (Å²) in [6, 6.07) is -0.455. The Balaban J connectivity index is 2.24. The van der Waals surface area contributed by atoms with Crippen LogP contribution in [-0.4, -0.2) is 24.6 Å². The first-order chi connectivity index (χ1) is 5.74. The van der Waals surface area contributed by atoms with Crippen molar-refractivity contribution < 1.29 is 14.3 Å². The molecule has 0 radical (unpaired) electrons. The van der Waals surface area contributed by atoms with Crippen molar-refractivity contribution in [1.29, 1.82) is 0 Å². The van der Waals surface area contributed by atoms with E-state index in [1.165, 1.54) is 0 Å². The van der Waals surface area contributed by atoms with Crippen molar-refractivity contribution in [1.82, 2.24) is 5.32 Å². The third-order valence-corrected chi connectivity index (χ3v) is 1.72. The maximum absolute atomic E-state index is 10.8. The predicted molar refractivity (Wildman–Crippen MR) is 41.3 cm³/mol. The van der Waals surface area contributed by atoms with E-state index in [4.69, 9.17) is 5.73 Å². The van der Waals surface area contributed by atoms with Gasteiger partial charge in [0.05, 0.1) is 0 Å². The zero-order valence-corrected chi connectivity index (χ0v) is 6.71. The lowest BCUT2D eigenvalue weighted by Gasteiger charge is -2.02. The SMILES string of the molecule is NCCCC[C@@H]1NC(=O)OC1=O. The van der Waals surface area contributed by atoms with Gasteiger partial charge >= 0.3 is 12.1 Å². The summed E-state index contributed by atoms with van der Waals surface area (Å²) in [5, 5.41) is 2.41. The van der Waals surface area contributed by atoms with Crippen LogP contribution < -0.4 is 11.1 Å². The van der Waals surface area contributed by atoms with Crippen molar-refractivity contribution >= 4 is 12.1 Å². The van der Waals surface area contributed by atoms with E-state index in [0.717, 1.165) is 12.8 Å². The lowest BCUT2D eigenvalue weighted by atomic mass is 10.1. The normalized spacial score (nSPS) is 22.2. The van der Waals surface area contributed by atoms with Crippen LogP contribution in [0.3, 0.4) is 0 Å². The van der Waals surface area contributed by atoms with Gasteiger partial charge in [-0.1, -0.05) is 0 Å². The van der Waals surface area contributed by atoms with E-state index < -0.39 is 18.1 Å². The molecule has 5 heteroatoms. The number of esters is 1. The number of nitrogens with two attached hydrogens (primary N) is 1. The molecule has 0 aromatic carbocycles. The molecule has 1 amide bonds. The Bertz CT molecular complexity index is 193. The van der Waals surface area contributed by atoms with Crippen molar-refractivity contribution in [3.63, 3.8) is 0 Å². The first-order valence-electron chi connectivity index (χ1n) is 3.96. The minimum Gasteiger partial charge on any atom is -0.375 e. The molecule has 1 heterocycles. The minimum absolute atomic E-state index is 0.455. The Morgan fingerprint density at radius 2 is 2.17 bits per heavy atom. The summed E-state index contributed by atoms with van der Waals surface area (Å²) in [6.07, 6.45) is 1.66. The van der Waals surface area contributed by atoms with Gasteiger partial charge in [-0.05, 0) is 25.8 Å². The summed E-state index contributed by atoms with van der Waals surface area (Å²) in [5.41, 5.74) is 5.27. The van der Waals surface area contributed by atoms with Gasteiger partial charge in [0.15, 0.2) is 0 Å². The number of hydrogen-bond donors (Lipinski definition) is 2. The second-order valence-corrected chi connectivity index (χ2v) is 2.69. The number of cyclic esters (lactones) is 2. The smallest absolute Gasteiger partial charge is 0.375 e. The van der Waals surface area contributed by atoms with E-state index in [2.05, 4.69) is 10.1 Å². The van der Waals surface area contributed by atoms with Gasteiger partial charge in [-0.3, -0.25) is 0 Å². The molecule has 0 bridgehead atoms. The monoisotopic (exact) mass is 172 g/mol. The summed E-state index contributed by atoms with van der Waals surface area (Å²) >= 11 is 0. The molecule has 1 saturated heterocycles. The summed E-state index contributed by atoms with van der Waals surface area (Å²) in [5.74, 6) is -0.475. The molecule has 0 aromatic rings. The Hall–Kier alpha value is -1.10. The Kier molecular flexibility index (Phi) is 3.04. The molecule has 12 heavy (non-hydrogen) atoms. The highest BCUT2D eigenvalue weighted by Gasteiger charge is 2.31. The number of nitrogens with one attached hydrogen (secondary N) is 1. The molecular formula is C7H12N2O3. The molecule has 5 nitrogen and oxygen atoms in total. The van der Waals surface area contributed by atoms with Crippen LogP contribution in [0.4, 0.5) is 4.79 Å². The molecule has 0 aromatic heterocycles. The number of carbonyl (C=O) groups excluding carboxylic acids is 2. The van der Waals surface area contributed by atoms with Crippen LogP contribution in [0.2, 0.25) is 0 Å². The van der Waals surface area contributed by atoms with Gasteiger partial charge in [0.25, 0.3) is 0 Å². The third-order valence-electron chi connectivity index (χ3n) is 1.72. The van der Waals surface area contributed by atoms with Gasteiger partial charge in [-0.25, -0.2) is 9.59 Å². The zero-order chi connectivity index (χ0) is 8.97. The lowest BCUT2D eigenvalue weighted by molar-refractivity contribution is -0.135. The van der Waals surface area contributed by atoms with Crippen LogP contribution >= 0.6 is 0 Å². The van der Waals surface area contributed by atoms with E-state index in [9.17, 15) is 9.59 Å². The summed E-state index contributed by atoms with van der Waals surface area (Å²) < 4.78 is 4.28. The van der Waals surface area contributed by atoms with E-state index >= 15 is 0 Å². The summed E-state index contributed by atoms with van der Waals surface area (Å²) in [7, 11) is 0. The Labute approximate surface area is 70.2 Å². The second kappa shape index (κ2) is 4.06. The number of unbranched alkanes of at least 4 members (excludes halogenated alkanes) is 1. The molecule has 1 atom stereocenters. The molecule has 1 rings (SSSR count). The quantitative estimate of drug-likeness (QED) is 0.348. The number of amides is 1. The average molecular weight is 172 g/mol. The molecule has 0 aliphatic carbocycles. The Morgan fingerprint density at radius 3 is 2.67 bits per heavy atom. The molecule has 1 fully saturated rings. The highest BCUT2D eigenvalue weighted by atomic mass is 16.6. The van der Waals surface area contributed by atoms with Gasteiger partial charge in [0.2, 0.25) is 0 Å². The number of carbonyl (C=O) groups is 2. The fourth-order valence-corrected chi connectivity index (χ4v) is 1.08. The fourth-order valence-electron chi connectivity index (χ4n) is 1.08. The second-order valence-electron chi connectivity index (χ2n) is 2.69. The largest absolute Gasteiger partial charge is 0.415 e. The molecule has 1 aliphatic heterocycles. The van der Waals surface area contributed by atoms with E-state index in [1.807, 2.05) is 0 Å². The summed E-state index contributed by atoms with van der Waals surface area (Å²) in [6.45, 7) is 0.607. The molecular weight excluding hydrogens is 160 g/mol. The Morgan fingerprint density at radius 1 is 1.42 bits per heavy atom. The van der Waals surface area contributed by atoms with Crippen molar-refractivity contribution in [3.05, 3.63) is 0 Å². The first-order valence-corrected chi connectivity index (χ1v) is 3.96. The molecule has 0 spiro atoms. The van der Waals surface area contributed by atoms with Gasteiger partial charge in [0, 0.05) is 0 Å². The predicted octanol–water partition coefficient (Wildman–Crippen LogP) is -0.250. The minimum atomic E-state index is -0.641. The lowest BCUT2D eigenvalue weighted by Crippen LogP contribution is -2.28. The van der Waals surface area contributed by atoms with Crippen LogP contribution in [0.1, 0.15) is 19.3 Å². The third kappa shape index (κ3) is 2.20. The first kappa shape index (κ1) is 8.99. The van der Waals surface area contributed by atoms with Crippen LogP contribution in [0, 0.1) is 0 Å². The number of rotatable bonds is 4. The van der Waals surface area contributed by atoms with Gasteiger partial charge < -0.3 is 15.8 Å². The highest BCUT2D eigenvalue weighted by Crippen LogP contribution is 2.07. The maximum atomic E-state index is 10.8. The molecule has 1 aliphatic rings. The van der Waals surface area contributed by atoms with Gasteiger partial charge in [-0.15, -0.1) is 0 Å². The van der Waals surface area contributed by atoms with Crippen LogP contribution in [0.5, 0.6) is 0 Å². The molecule has 3 N–H and O–H groups in total. The number of ether oxygens (including phenoxy) is 1. The van der Waals surface area contributed by atoms with Crippen LogP contribution in [0.15, 0.2) is 0 Å². The van der Waals surface area contributed by atoms with Gasteiger partial charge in [-0.2, -0.15) is 0 Å².